The number of guanidine groups is 1. The maximum Gasteiger partial charge on any atom is 0.401 e. The van der Waals surface area contributed by atoms with Gasteiger partial charge in [-0.3, -0.25) is 14.8 Å². The molecule has 2 unspecified atom stereocenters. The minimum atomic E-state index is -4.15. The molecular formula is C20H33F3IN5. The molecule has 1 aromatic carbocycles. The summed E-state index contributed by atoms with van der Waals surface area (Å²) in [6.07, 6.45) is -2.50. The van der Waals surface area contributed by atoms with Crippen LogP contribution in [0.15, 0.2) is 35.3 Å². The summed E-state index contributed by atoms with van der Waals surface area (Å²) in [5.74, 6) is 0.706. The molecular weight excluding hydrogens is 494 g/mol. The van der Waals surface area contributed by atoms with Crippen LogP contribution >= 0.6 is 24.0 Å². The van der Waals surface area contributed by atoms with Gasteiger partial charge in [-0.2, -0.15) is 13.2 Å². The second-order valence-corrected chi connectivity index (χ2v) is 7.55. The van der Waals surface area contributed by atoms with Crippen LogP contribution in [-0.2, 0) is 6.54 Å². The molecule has 9 heteroatoms. The van der Waals surface area contributed by atoms with Gasteiger partial charge < -0.3 is 10.6 Å². The summed E-state index contributed by atoms with van der Waals surface area (Å²) >= 11 is 0. The smallest absolute Gasteiger partial charge is 0.356 e. The van der Waals surface area contributed by atoms with E-state index in [4.69, 9.17) is 0 Å². The SMILES string of the molecule is CN=C(NCCCN(C)CC(F)(F)F)NC1CC(C)N(Cc2ccccc2)C1.I. The quantitative estimate of drug-likeness (QED) is 0.236. The molecule has 5 nitrogen and oxygen atoms in total. The van der Waals surface area contributed by atoms with Crippen molar-refractivity contribution in [3.8, 4) is 0 Å². The third kappa shape index (κ3) is 9.99. The lowest BCUT2D eigenvalue weighted by molar-refractivity contribution is -0.143. The van der Waals surface area contributed by atoms with E-state index in [1.54, 1.807) is 7.05 Å². The highest BCUT2D eigenvalue weighted by Crippen LogP contribution is 2.20. The average Bonchev–Trinajstić information content (AvgIpc) is 2.96. The van der Waals surface area contributed by atoms with Crippen LogP contribution in [0, 0.1) is 0 Å². The van der Waals surface area contributed by atoms with E-state index in [9.17, 15) is 13.2 Å². The highest BCUT2D eigenvalue weighted by Gasteiger charge is 2.30. The molecule has 29 heavy (non-hydrogen) atoms. The van der Waals surface area contributed by atoms with Gasteiger partial charge >= 0.3 is 6.18 Å². The van der Waals surface area contributed by atoms with Gasteiger partial charge in [-0.1, -0.05) is 30.3 Å². The third-order valence-electron chi connectivity index (χ3n) is 4.96. The number of hydrogen-bond acceptors (Lipinski definition) is 3. The van der Waals surface area contributed by atoms with Gasteiger partial charge in [0, 0.05) is 38.8 Å². The highest BCUT2D eigenvalue weighted by molar-refractivity contribution is 14.0. The van der Waals surface area contributed by atoms with E-state index in [2.05, 4.69) is 51.7 Å². The van der Waals surface area contributed by atoms with Crippen LogP contribution in [0.3, 0.4) is 0 Å². The summed E-state index contributed by atoms with van der Waals surface area (Å²) in [4.78, 5) is 7.98. The molecule has 1 saturated heterocycles. The zero-order chi connectivity index (χ0) is 20.6. The van der Waals surface area contributed by atoms with Gasteiger partial charge in [0.2, 0.25) is 0 Å². The number of hydrogen-bond donors (Lipinski definition) is 2. The molecule has 0 aromatic heterocycles. The first kappa shape index (κ1) is 26.0. The lowest BCUT2D eigenvalue weighted by atomic mass is 10.2. The number of rotatable bonds is 8. The summed E-state index contributed by atoms with van der Waals surface area (Å²) in [6, 6.07) is 11.2. The fraction of sp³-hybridized carbons (Fsp3) is 0.650. The van der Waals surface area contributed by atoms with Crippen LogP contribution in [0.1, 0.15) is 25.3 Å². The number of halogens is 4. The normalized spacial score (nSPS) is 20.6. The maximum absolute atomic E-state index is 12.3. The van der Waals surface area contributed by atoms with Crippen molar-refractivity contribution in [3.05, 3.63) is 35.9 Å². The molecule has 0 bridgehead atoms. The first-order valence-electron chi connectivity index (χ1n) is 9.77. The van der Waals surface area contributed by atoms with Crippen molar-refractivity contribution in [3.63, 3.8) is 0 Å². The van der Waals surface area contributed by atoms with Gasteiger partial charge in [0.05, 0.1) is 6.54 Å². The Hall–Kier alpha value is -1.07. The van der Waals surface area contributed by atoms with Gasteiger partial charge in [0.25, 0.3) is 0 Å². The molecule has 166 valence electrons. The standard InChI is InChI=1S/C20H32F3N5.HI/c1-16-12-18(14-28(16)13-17-8-5-4-6-9-17)26-19(24-2)25-10-7-11-27(3)15-20(21,22)23;/h4-6,8-9,16,18H,7,10-15H2,1-3H3,(H2,24,25,26);1H. The number of nitrogens with zero attached hydrogens (tertiary/aromatic N) is 3. The van der Waals surface area contributed by atoms with Crippen molar-refractivity contribution in [1.29, 1.82) is 0 Å². The zero-order valence-electron chi connectivity index (χ0n) is 17.4. The molecule has 0 radical (unpaired) electrons. The molecule has 1 heterocycles. The van der Waals surface area contributed by atoms with Crippen LogP contribution in [0.4, 0.5) is 13.2 Å². The summed E-state index contributed by atoms with van der Waals surface area (Å²) in [5.41, 5.74) is 1.31. The third-order valence-corrected chi connectivity index (χ3v) is 4.96. The van der Waals surface area contributed by atoms with Crippen molar-refractivity contribution in [2.75, 3.05) is 40.3 Å². The number of benzene rings is 1. The van der Waals surface area contributed by atoms with Crippen molar-refractivity contribution in [2.24, 2.45) is 4.99 Å². The lowest BCUT2D eigenvalue weighted by Crippen LogP contribution is -2.45. The Labute approximate surface area is 189 Å². The van der Waals surface area contributed by atoms with Crippen molar-refractivity contribution < 1.29 is 13.2 Å². The largest absolute Gasteiger partial charge is 0.401 e. The molecule has 1 aliphatic heterocycles. The number of alkyl halides is 3. The molecule has 0 spiro atoms. The first-order valence-corrected chi connectivity index (χ1v) is 9.77. The van der Waals surface area contributed by atoms with Crippen LogP contribution < -0.4 is 10.6 Å². The van der Waals surface area contributed by atoms with Crippen LogP contribution in [-0.4, -0.2) is 74.3 Å². The molecule has 2 atom stereocenters. The van der Waals surface area contributed by atoms with Gasteiger partial charge in [-0.25, -0.2) is 0 Å². The van der Waals surface area contributed by atoms with E-state index in [0.29, 0.717) is 37.6 Å². The van der Waals surface area contributed by atoms with Crippen LogP contribution in [0.5, 0.6) is 0 Å². The van der Waals surface area contributed by atoms with Gasteiger partial charge in [0.15, 0.2) is 5.96 Å². The maximum atomic E-state index is 12.3. The van der Waals surface area contributed by atoms with E-state index in [0.717, 1.165) is 19.5 Å². The van der Waals surface area contributed by atoms with E-state index >= 15 is 0 Å². The van der Waals surface area contributed by atoms with Crippen molar-refractivity contribution in [2.45, 2.75) is 44.6 Å². The molecule has 1 fully saturated rings. The van der Waals surface area contributed by atoms with Gasteiger partial charge in [-0.05, 0) is 38.9 Å². The van der Waals surface area contributed by atoms with E-state index in [1.165, 1.54) is 17.5 Å². The molecule has 2 N–H and O–H groups in total. The molecule has 0 aliphatic carbocycles. The molecule has 1 aliphatic rings. The minimum absolute atomic E-state index is 0. The van der Waals surface area contributed by atoms with Crippen molar-refractivity contribution in [1.82, 2.24) is 20.4 Å². The topological polar surface area (TPSA) is 42.9 Å². The van der Waals surface area contributed by atoms with E-state index < -0.39 is 12.7 Å². The Morgan fingerprint density at radius 3 is 2.59 bits per heavy atom. The fourth-order valence-corrected chi connectivity index (χ4v) is 3.57. The summed E-state index contributed by atoms with van der Waals surface area (Å²) in [7, 11) is 3.20. The minimum Gasteiger partial charge on any atom is -0.356 e. The summed E-state index contributed by atoms with van der Waals surface area (Å²) in [5, 5.41) is 6.65. The monoisotopic (exact) mass is 527 g/mol. The average molecular weight is 527 g/mol. The van der Waals surface area contributed by atoms with Crippen LogP contribution in [0.2, 0.25) is 0 Å². The van der Waals surface area contributed by atoms with Gasteiger partial charge in [-0.15, -0.1) is 24.0 Å². The van der Waals surface area contributed by atoms with Crippen molar-refractivity contribution >= 4 is 29.9 Å². The number of aliphatic imine (C=N–C) groups is 1. The predicted octanol–water partition coefficient (Wildman–Crippen LogP) is 3.32. The summed E-state index contributed by atoms with van der Waals surface area (Å²) in [6.45, 7) is 4.18. The van der Waals surface area contributed by atoms with Gasteiger partial charge in [0.1, 0.15) is 0 Å². The van der Waals surface area contributed by atoms with E-state index in [1.807, 2.05) is 6.07 Å². The molecule has 2 rings (SSSR count). The first-order chi connectivity index (χ1) is 13.3. The number of nitrogens with one attached hydrogen (secondary N) is 2. The molecule has 0 amide bonds. The Morgan fingerprint density at radius 1 is 1.28 bits per heavy atom. The Bertz CT molecular complexity index is 612. The lowest BCUT2D eigenvalue weighted by Gasteiger charge is -2.21. The molecule has 0 saturated carbocycles. The summed E-state index contributed by atoms with van der Waals surface area (Å²) < 4.78 is 37.0. The fourth-order valence-electron chi connectivity index (χ4n) is 3.57. The Morgan fingerprint density at radius 2 is 1.97 bits per heavy atom. The Kier molecular flexibility index (Phi) is 11.3. The second-order valence-electron chi connectivity index (χ2n) is 7.55. The Balaban J connectivity index is 0.00000420. The number of likely N-dealkylation sites (tertiary alicyclic amines) is 1. The second kappa shape index (κ2) is 12.6. The predicted molar refractivity (Wildman–Crippen MR) is 123 cm³/mol. The van der Waals surface area contributed by atoms with E-state index in [-0.39, 0.29) is 24.0 Å². The molecule has 1 aromatic rings. The zero-order valence-corrected chi connectivity index (χ0v) is 19.7. The highest BCUT2D eigenvalue weighted by atomic mass is 127. The van der Waals surface area contributed by atoms with Crippen LogP contribution in [0.25, 0.3) is 0 Å².